The second-order valence-electron chi connectivity index (χ2n) is 8.47. The zero-order chi connectivity index (χ0) is 24.5. The molecule has 4 rings (SSSR count). The summed E-state index contributed by atoms with van der Waals surface area (Å²) in [6.07, 6.45) is 1.06. The average Bonchev–Trinajstić information content (AvgIpc) is 3.13. The molecule has 34 heavy (non-hydrogen) atoms. The molecular formula is C22H26N5O4S3+. The van der Waals surface area contributed by atoms with Gasteiger partial charge in [0.1, 0.15) is 11.7 Å². The number of rotatable bonds is 9. The molecule has 2 unspecified atom stereocenters. The third-order valence-electron chi connectivity index (χ3n) is 6.34. The lowest BCUT2D eigenvalue weighted by Gasteiger charge is -2.50. The monoisotopic (exact) mass is 520 g/mol. The molecule has 1 aromatic heterocycles. The first-order chi connectivity index (χ1) is 16.2. The van der Waals surface area contributed by atoms with E-state index in [0.717, 1.165) is 52.4 Å². The molecule has 3 aromatic rings. The summed E-state index contributed by atoms with van der Waals surface area (Å²) in [6.45, 7) is 5.01. The Morgan fingerprint density at radius 1 is 1.26 bits per heavy atom. The smallest absolute Gasteiger partial charge is 0.309 e. The topological polar surface area (TPSA) is 104 Å². The number of carboxylic acid groups (broad SMARTS) is 1. The van der Waals surface area contributed by atoms with Crippen molar-refractivity contribution in [1.82, 2.24) is 19.2 Å². The van der Waals surface area contributed by atoms with E-state index >= 15 is 0 Å². The van der Waals surface area contributed by atoms with Crippen LogP contribution in [0.2, 0.25) is 0 Å². The van der Waals surface area contributed by atoms with Crippen LogP contribution >= 0.6 is 36.5 Å². The number of benzene rings is 2. The minimum atomic E-state index is -0.761. The minimum absolute atomic E-state index is 0.0723. The van der Waals surface area contributed by atoms with Crippen LogP contribution < -0.4 is 9.96 Å². The Balaban J connectivity index is 1.42. The van der Waals surface area contributed by atoms with Gasteiger partial charge in [-0.2, -0.15) is 0 Å². The number of likely N-dealkylation sites (tertiary alicyclic amines) is 1. The molecule has 2 aromatic carbocycles. The zero-order valence-electron chi connectivity index (χ0n) is 19.0. The van der Waals surface area contributed by atoms with Gasteiger partial charge in [-0.1, -0.05) is 12.1 Å². The molecule has 2 atom stereocenters. The summed E-state index contributed by atoms with van der Waals surface area (Å²) in [5.41, 5.74) is 7.54. The van der Waals surface area contributed by atoms with Gasteiger partial charge in [0, 0.05) is 16.0 Å². The summed E-state index contributed by atoms with van der Waals surface area (Å²) >= 11 is 11.6. The Morgan fingerprint density at radius 3 is 2.65 bits per heavy atom. The molecule has 0 bridgehead atoms. The summed E-state index contributed by atoms with van der Waals surface area (Å²) in [5.74, 6) is -0.761. The van der Waals surface area contributed by atoms with Gasteiger partial charge in [-0.15, -0.1) is 9.32 Å². The molecule has 0 radical (unpaired) electrons. The van der Waals surface area contributed by atoms with E-state index in [9.17, 15) is 9.90 Å². The molecule has 1 aliphatic heterocycles. The van der Waals surface area contributed by atoms with Crippen LogP contribution in [0.25, 0.3) is 5.69 Å². The van der Waals surface area contributed by atoms with Crippen molar-refractivity contribution in [3.05, 3.63) is 57.1 Å². The third-order valence-corrected chi connectivity index (χ3v) is 7.67. The maximum Gasteiger partial charge on any atom is 0.309 e. The van der Waals surface area contributed by atoms with E-state index < -0.39 is 5.97 Å². The maximum absolute atomic E-state index is 11.3. The quantitative estimate of drug-likeness (QED) is 0.0745. The first-order valence-corrected chi connectivity index (χ1v) is 12.2. The Hall–Kier alpha value is -2.48. The lowest BCUT2D eigenvalue weighted by molar-refractivity contribution is -0.161. The second kappa shape index (κ2) is 10.0. The highest BCUT2D eigenvalue weighted by Gasteiger charge is 2.47. The van der Waals surface area contributed by atoms with Gasteiger partial charge >= 0.3 is 5.97 Å². The highest BCUT2D eigenvalue weighted by atomic mass is 32.2. The van der Waals surface area contributed by atoms with Gasteiger partial charge in [-0.3, -0.25) is 24.0 Å². The number of aryl methyl sites for hydroxylation is 1. The van der Waals surface area contributed by atoms with Crippen LogP contribution in [0.3, 0.4) is 0 Å². The average molecular weight is 521 g/mol. The molecular weight excluding hydrogens is 494 g/mol. The number of hydrogen-bond acceptors (Lipinski definition) is 7. The van der Waals surface area contributed by atoms with Crippen molar-refractivity contribution in [1.29, 1.82) is 0 Å². The van der Waals surface area contributed by atoms with Crippen molar-refractivity contribution in [3.63, 3.8) is 0 Å². The van der Waals surface area contributed by atoms with Gasteiger partial charge in [0.05, 0.1) is 49.9 Å². The van der Waals surface area contributed by atoms with E-state index in [1.54, 1.807) is 4.57 Å². The third kappa shape index (κ3) is 4.83. The Morgan fingerprint density at radius 2 is 2.00 bits per heavy atom. The fourth-order valence-corrected chi connectivity index (χ4v) is 5.60. The van der Waals surface area contributed by atoms with Gasteiger partial charge in [0.2, 0.25) is 0 Å². The number of anilines is 1. The van der Waals surface area contributed by atoms with Crippen LogP contribution in [-0.2, 0) is 14.1 Å². The number of aromatic nitrogens is 3. The number of aliphatic carboxylic acids is 1. The molecule has 0 spiro atoms. The summed E-state index contributed by atoms with van der Waals surface area (Å²) < 4.78 is 8.62. The standard InChI is InChI=1S/C22H25N5O4S3/c1-13-7-8-18(14(2)20(13)27(3)10-9-17(27)12-19(28)29)34-31-30-25-15-5-4-6-16(11-15)26-21(32)23-24-22(26)33/h4-8,11,17,25H,9-10,12H2,1-3H3,(H2-,23,24,28,29,32,33)/p+1. The fourth-order valence-electron chi connectivity index (χ4n) is 4.56. The first-order valence-electron chi connectivity index (χ1n) is 10.6. The lowest BCUT2D eigenvalue weighted by atomic mass is 9.91. The summed E-state index contributed by atoms with van der Waals surface area (Å²) in [6, 6.07) is 11.5. The number of aromatic amines is 2. The normalized spacial score (nSPS) is 19.6. The number of quaternary nitrogens is 1. The molecule has 1 fully saturated rings. The number of nitrogens with one attached hydrogen (secondary N) is 3. The molecule has 0 aliphatic carbocycles. The largest absolute Gasteiger partial charge is 0.481 e. The predicted molar refractivity (Wildman–Crippen MR) is 137 cm³/mol. The van der Waals surface area contributed by atoms with Crippen LogP contribution in [0, 0.1) is 23.4 Å². The molecule has 0 saturated carbocycles. The number of hydrogen-bond donors (Lipinski definition) is 4. The molecule has 180 valence electrons. The SMILES string of the molecule is Cc1ccc(SOONc2cccc(-n3c(=S)[nH][nH]c3=S)c2)c(C)c1[N+]1(C)CCC1CC(=O)O. The van der Waals surface area contributed by atoms with E-state index in [-0.39, 0.29) is 12.5 Å². The number of carboxylic acids is 1. The first kappa shape index (κ1) is 24.6. The number of carbonyl (C=O) groups is 1. The molecule has 9 nitrogen and oxygen atoms in total. The molecule has 4 N–H and O–H groups in total. The van der Waals surface area contributed by atoms with E-state index in [4.69, 9.17) is 33.8 Å². The highest BCUT2D eigenvalue weighted by molar-refractivity contribution is 7.94. The van der Waals surface area contributed by atoms with Crippen molar-refractivity contribution in [2.24, 2.45) is 0 Å². The zero-order valence-corrected chi connectivity index (χ0v) is 21.4. The van der Waals surface area contributed by atoms with Gasteiger partial charge < -0.3 is 5.11 Å². The van der Waals surface area contributed by atoms with Crippen LogP contribution in [0.5, 0.6) is 0 Å². The minimum Gasteiger partial charge on any atom is -0.481 e. The number of nitrogens with zero attached hydrogens (tertiary/aromatic N) is 2. The van der Waals surface area contributed by atoms with Gasteiger partial charge in [0.25, 0.3) is 0 Å². The van der Waals surface area contributed by atoms with Crippen LogP contribution in [0.15, 0.2) is 41.3 Å². The van der Waals surface area contributed by atoms with Gasteiger partial charge in [-0.25, -0.2) is 5.48 Å². The molecule has 0 amide bonds. The van der Waals surface area contributed by atoms with Crippen LogP contribution in [0.1, 0.15) is 24.0 Å². The summed E-state index contributed by atoms with van der Waals surface area (Å²) in [5, 5.41) is 14.9. The Kier molecular flexibility index (Phi) is 7.26. The second-order valence-corrected chi connectivity index (χ2v) is 9.98. The van der Waals surface area contributed by atoms with Crippen LogP contribution in [0.4, 0.5) is 11.4 Å². The van der Waals surface area contributed by atoms with Crippen LogP contribution in [-0.4, -0.2) is 45.5 Å². The van der Waals surface area contributed by atoms with E-state index in [1.165, 1.54) is 0 Å². The van der Waals surface area contributed by atoms with Crippen molar-refractivity contribution in [3.8, 4) is 5.69 Å². The molecule has 2 heterocycles. The van der Waals surface area contributed by atoms with E-state index in [1.807, 2.05) is 43.3 Å². The fraction of sp³-hybridized carbons (Fsp3) is 0.318. The number of H-pyrrole nitrogens is 2. The summed E-state index contributed by atoms with van der Waals surface area (Å²) in [7, 11) is 2.11. The van der Waals surface area contributed by atoms with Crippen molar-refractivity contribution < 1.29 is 19.2 Å². The lowest BCUT2D eigenvalue weighted by Crippen LogP contribution is -2.65. The molecule has 12 heteroatoms. The molecule has 1 saturated heterocycles. The van der Waals surface area contributed by atoms with E-state index in [0.29, 0.717) is 19.7 Å². The van der Waals surface area contributed by atoms with Gasteiger partial charge in [-0.05, 0) is 62.5 Å². The highest BCUT2D eigenvalue weighted by Crippen LogP contribution is 2.43. The van der Waals surface area contributed by atoms with Crippen molar-refractivity contribution >= 4 is 53.8 Å². The maximum atomic E-state index is 11.3. The summed E-state index contributed by atoms with van der Waals surface area (Å²) in [4.78, 5) is 17.4. The molecule has 1 aliphatic rings. The van der Waals surface area contributed by atoms with E-state index in [2.05, 4.69) is 29.6 Å². The van der Waals surface area contributed by atoms with Gasteiger partial charge in [0.15, 0.2) is 9.54 Å². The van der Waals surface area contributed by atoms with Crippen molar-refractivity contribution in [2.45, 2.75) is 37.6 Å². The Bertz CT molecular complexity index is 1310. The predicted octanol–water partition coefficient (Wildman–Crippen LogP) is 5.38. The van der Waals surface area contributed by atoms with Crippen molar-refractivity contribution in [2.75, 3.05) is 19.1 Å². The Labute approximate surface area is 211 Å².